The molecule has 6 rings (SSSR count). The first kappa shape index (κ1) is 41.6. The maximum Gasteiger partial charge on any atom is 0.490 e. The Morgan fingerprint density at radius 1 is 0.873 bits per heavy atom. The molecule has 2 aliphatic rings. The van der Waals surface area contributed by atoms with Crippen LogP contribution in [0.1, 0.15) is 27.4 Å². The van der Waals surface area contributed by atoms with E-state index < -0.39 is 24.3 Å². The number of aromatic nitrogens is 4. The zero-order valence-electron chi connectivity index (χ0n) is 28.2. The number of pyridine rings is 1. The number of nitrogens with zero attached hydrogens (tertiary/aromatic N) is 6. The average Bonchev–Trinajstić information content (AvgIpc) is 3.57. The Labute approximate surface area is 311 Å². The fraction of sp³-hybridized carbons (Fsp3) is 0.312. The van der Waals surface area contributed by atoms with Crippen LogP contribution in [0.2, 0.25) is 5.02 Å². The van der Waals surface area contributed by atoms with Crippen molar-refractivity contribution in [1.82, 2.24) is 29.9 Å². The van der Waals surface area contributed by atoms with Crippen LogP contribution in [0.4, 0.5) is 49.5 Å². The number of aryl methyl sites for hydroxylation is 3. The second-order valence-corrected chi connectivity index (χ2v) is 11.8. The molecule has 294 valence electrons. The Morgan fingerprint density at radius 2 is 1.51 bits per heavy atom. The third-order valence-electron chi connectivity index (χ3n) is 7.40. The number of nitrogens with one attached hydrogen (secondary N) is 2. The van der Waals surface area contributed by atoms with Crippen LogP contribution in [0, 0.1) is 6.92 Å². The van der Waals surface area contributed by atoms with Gasteiger partial charge >= 0.3 is 24.3 Å². The fourth-order valence-electron chi connectivity index (χ4n) is 4.76. The molecule has 55 heavy (non-hydrogen) atoms. The summed E-state index contributed by atoms with van der Waals surface area (Å²) in [6.07, 6.45) is -3.75. The van der Waals surface area contributed by atoms with Crippen LogP contribution < -0.4 is 15.4 Å². The van der Waals surface area contributed by atoms with Crippen molar-refractivity contribution in [2.45, 2.75) is 32.1 Å². The quantitative estimate of drug-likeness (QED) is 0.199. The zero-order valence-corrected chi connectivity index (χ0v) is 29.0. The Kier molecular flexibility index (Phi) is 13.4. The van der Waals surface area contributed by atoms with Crippen LogP contribution in [0.3, 0.4) is 0 Å². The molecule has 6 bridgehead atoms. The monoisotopic (exact) mass is 802 g/mol. The van der Waals surface area contributed by atoms with Gasteiger partial charge in [-0.1, -0.05) is 16.8 Å². The van der Waals surface area contributed by atoms with Crippen molar-refractivity contribution < 1.29 is 65.0 Å². The van der Waals surface area contributed by atoms with Crippen LogP contribution in [0.15, 0.2) is 53.4 Å². The van der Waals surface area contributed by atoms with Crippen molar-refractivity contribution in [1.29, 1.82) is 0 Å². The second-order valence-electron chi connectivity index (χ2n) is 11.4. The van der Waals surface area contributed by atoms with E-state index in [1.807, 2.05) is 30.5 Å². The number of carboxylic acids is 2. The Morgan fingerprint density at radius 3 is 2.11 bits per heavy atom. The van der Waals surface area contributed by atoms with E-state index in [0.717, 1.165) is 22.5 Å². The first-order chi connectivity index (χ1) is 25.8. The molecule has 23 heteroatoms. The number of benzene rings is 1. The van der Waals surface area contributed by atoms with E-state index >= 15 is 0 Å². The molecule has 0 aliphatic carbocycles. The summed E-state index contributed by atoms with van der Waals surface area (Å²) < 4.78 is 74.5. The Balaban J connectivity index is 0.000000410. The molecule has 2 aliphatic heterocycles. The number of amides is 2. The van der Waals surface area contributed by atoms with Gasteiger partial charge in [0.2, 0.25) is 5.95 Å². The molecule has 4 aromatic rings. The molecule has 0 unspecified atom stereocenters. The highest BCUT2D eigenvalue weighted by molar-refractivity contribution is 6.32. The molecule has 0 radical (unpaired) electrons. The minimum Gasteiger partial charge on any atom is -0.483 e. The molecule has 1 aromatic carbocycles. The van der Waals surface area contributed by atoms with E-state index in [4.69, 9.17) is 40.7 Å². The lowest BCUT2D eigenvalue weighted by Crippen LogP contribution is -2.51. The summed E-state index contributed by atoms with van der Waals surface area (Å²) in [5.41, 5.74) is 3.76. The number of halogens is 7. The third kappa shape index (κ3) is 12.2. The highest BCUT2D eigenvalue weighted by atomic mass is 35.5. The minimum absolute atomic E-state index is 0.113. The van der Waals surface area contributed by atoms with E-state index in [1.54, 1.807) is 29.0 Å². The summed E-state index contributed by atoms with van der Waals surface area (Å²) in [5, 5.41) is 24.9. The third-order valence-corrected chi connectivity index (χ3v) is 7.68. The Bertz CT molecular complexity index is 2000. The van der Waals surface area contributed by atoms with Crippen LogP contribution in [0.5, 0.6) is 5.75 Å². The van der Waals surface area contributed by atoms with Gasteiger partial charge in [-0.25, -0.2) is 14.6 Å². The molecular formula is C32H29ClF6N8O8. The summed E-state index contributed by atoms with van der Waals surface area (Å²) >= 11 is 6.36. The lowest BCUT2D eigenvalue weighted by molar-refractivity contribution is -0.193. The summed E-state index contributed by atoms with van der Waals surface area (Å²) in [4.78, 5) is 59.9. The maximum absolute atomic E-state index is 13.0. The number of alkyl halides is 6. The van der Waals surface area contributed by atoms with Gasteiger partial charge in [-0.3, -0.25) is 14.6 Å². The predicted octanol–water partition coefficient (Wildman–Crippen LogP) is 5.04. The minimum atomic E-state index is -5.08. The van der Waals surface area contributed by atoms with Gasteiger partial charge in [0.1, 0.15) is 16.5 Å². The summed E-state index contributed by atoms with van der Waals surface area (Å²) in [5.74, 6) is -3.81. The van der Waals surface area contributed by atoms with Gasteiger partial charge in [0.25, 0.3) is 11.8 Å². The van der Waals surface area contributed by atoms with Crippen molar-refractivity contribution in [3.63, 3.8) is 0 Å². The van der Waals surface area contributed by atoms with E-state index in [9.17, 15) is 35.9 Å². The summed E-state index contributed by atoms with van der Waals surface area (Å²) in [6, 6.07) is 9.27. The van der Waals surface area contributed by atoms with Gasteiger partial charge < -0.3 is 39.9 Å². The van der Waals surface area contributed by atoms with Gasteiger partial charge in [-0.15, -0.1) is 0 Å². The molecule has 1 fully saturated rings. The number of piperazine rings is 1. The predicted molar refractivity (Wildman–Crippen MR) is 178 cm³/mol. The topological polar surface area (TPSA) is 213 Å². The number of aliphatic carboxylic acids is 2. The van der Waals surface area contributed by atoms with Gasteiger partial charge in [0.15, 0.2) is 18.1 Å². The molecule has 16 nitrogen and oxygen atoms in total. The molecule has 0 spiro atoms. The second kappa shape index (κ2) is 17.8. The van der Waals surface area contributed by atoms with Crippen molar-refractivity contribution in [2.24, 2.45) is 0 Å². The Hall–Kier alpha value is -6.19. The van der Waals surface area contributed by atoms with Gasteiger partial charge in [0, 0.05) is 44.1 Å². The molecule has 2 amide bonds. The summed E-state index contributed by atoms with van der Waals surface area (Å²) in [6.45, 7) is 3.29. The van der Waals surface area contributed by atoms with E-state index in [-0.39, 0.29) is 24.1 Å². The first-order valence-corrected chi connectivity index (χ1v) is 16.0. The van der Waals surface area contributed by atoms with E-state index in [1.165, 1.54) is 6.20 Å². The number of anilines is 4. The normalized spacial score (nSPS) is 13.7. The van der Waals surface area contributed by atoms with Gasteiger partial charge in [0.05, 0.1) is 18.1 Å². The average molecular weight is 803 g/mol. The lowest BCUT2D eigenvalue weighted by atomic mass is 10.0. The van der Waals surface area contributed by atoms with Crippen LogP contribution in [-0.2, 0) is 27.2 Å². The number of ether oxygens (including phenoxy) is 1. The van der Waals surface area contributed by atoms with Crippen molar-refractivity contribution in [3.8, 4) is 5.75 Å². The van der Waals surface area contributed by atoms with Crippen molar-refractivity contribution in [3.05, 3.63) is 76.5 Å². The molecule has 0 saturated carbocycles. The van der Waals surface area contributed by atoms with Crippen LogP contribution >= 0.6 is 11.6 Å². The van der Waals surface area contributed by atoms with Gasteiger partial charge in [-0.2, -0.15) is 31.3 Å². The highest BCUT2D eigenvalue weighted by Crippen LogP contribution is 2.30. The van der Waals surface area contributed by atoms with Gasteiger partial charge in [-0.05, 0) is 55.2 Å². The van der Waals surface area contributed by atoms with Crippen molar-refractivity contribution in [2.75, 3.05) is 43.4 Å². The maximum atomic E-state index is 13.0. The van der Waals surface area contributed by atoms with E-state index in [0.29, 0.717) is 67.3 Å². The number of hydrogen-bond donors (Lipinski definition) is 4. The molecule has 4 N–H and O–H groups in total. The van der Waals surface area contributed by atoms with E-state index in [2.05, 4.69) is 30.7 Å². The number of rotatable bonds is 4. The first-order valence-electron chi connectivity index (χ1n) is 15.7. The number of fused-ring (bicyclic) bond motifs is 6. The standard InChI is InChI=1S/C28H27ClN8O4.2C2HF3O2/c1-17-10-23(35-41-17)27(39)37-8-6-36(7-9-37)25(38)16-40-24-5-4-20-12-19(24)3-2-18-11-21(14-30-13-18)33-28-31-15-22(29)26(32-20)34-28;2*3-2(4,5)1(6)7/h4-5,10-15H,2-3,6-9,16H2,1H3,(H2,31,32,33,34);2*(H,6,7). The van der Waals surface area contributed by atoms with Crippen LogP contribution in [0.25, 0.3) is 0 Å². The number of hydrogen-bond acceptors (Lipinski definition) is 12. The largest absolute Gasteiger partial charge is 0.490 e. The molecule has 0 atom stereocenters. The fourth-order valence-corrected chi connectivity index (χ4v) is 4.90. The number of carboxylic acid groups (broad SMARTS) is 2. The SMILES string of the molecule is Cc1cc(C(=O)N2CCN(C(=O)COc3ccc4cc3CCc3cncc(c3)Nc3ncc(Cl)c(n3)N4)CC2)no1.O=C(O)C(F)(F)F.O=C(O)C(F)(F)F. The summed E-state index contributed by atoms with van der Waals surface area (Å²) in [7, 11) is 0. The molecule has 5 heterocycles. The molecular weight excluding hydrogens is 774 g/mol. The molecule has 3 aromatic heterocycles. The highest BCUT2D eigenvalue weighted by Gasteiger charge is 2.39. The lowest BCUT2D eigenvalue weighted by Gasteiger charge is -2.34. The van der Waals surface area contributed by atoms with Crippen molar-refractivity contribution >= 4 is 58.5 Å². The smallest absolute Gasteiger partial charge is 0.483 e. The zero-order chi connectivity index (χ0) is 40.5. The number of carbonyl (C=O) groups excluding carboxylic acids is 2. The number of carbonyl (C=O) groups is 4. The van der Waals surface area contributed by atoms with Crippen LogP contribution in [-0.4, -0.2) is 109 Å². The molecule has 1 saturated heterocycles.